The summed E-state index contributed by atoms with van der Waals surface area (Å²) in [6.45, 7) is 25.6. The quantitative estimate of drug-likeness (QED) is 0.0312. The van der Waals surface area contributed by atoms with Crippen molar-refractivity contribution in [1.82, 2.24) is 10.6 Å². The van der Waals surface area contributed by atoms with Crippen molar-refractivity contribution in [3.8, 4) is 22.3 Å². The Morgan fingerprint density at radius 2 is 0.852 bits per heavy atom. The number of ether oxygens (including phenoxy) is 3. The zero-order valence-corrected chi connectivity index (χ0v) is 49.9. The first-order valence-corrected chi connectivity index (χ1v) is 29.0. The van der Waals surface area contributed by atoms with Gasteiger partial charge >= 0.3 is 23.9 Å². The number of nitrogens with one attached hydrogen (secondary N) is 2. The number of fused-ring (bicyclic) bond motifs is 6. The molecule has 2 amide bonds. The van der Waals surface area contributed by atoms with E-state index in [1.54, 1.807) is 33.8 Å². The molecule has 0 heterocycles. The average molecular weight is 1110 g/mol. The summed E-state index contributed by atoms with van der Waals surface area (Å²) in [6, 6.07) is 32.8. The molecule has 0 radical (unpaired) electrons. The average Bonchev–Trinajstić information content (AvgIpc) is 4.03. The van der Waals surface area contributed by atoms with Crippen LogP contribution in [0.5, 0.6) is 0 Å². The molecule has 12 heteroatoms. The fourth-order valence-electron chi connectivity index (χ4n) is 10.9. The SMILES string of the molecule is C.CC[C@H](C)[C@@H](NC(=O)[C@@H](C)CC(=O)OCC1c2ccccc2-c2ccccc21)[C@@H](C)CC/C=C(\C)C(=O)O.CC[C@H](C)[C@@H](NC(=O)[C@@H](C)CC(=O)OCC1c2ccccc2-c2ccccc21)[C@@H](C)CC/C=C(\C)C(=O)OC(C)(C)C. The number of aliphatic carboxylic acids is 1. The molecule has 0 unspecified atom stereocenters. The van der Waals surface area contributed by atoms with Gasteiger partial charge in [0, 0.05) is 46.9 Å². The van der Waals surface area contributed by atoms with Gasteiger partial charge in [0.1, 0.15) is 18.8 Å². The van der Waals surface area contributed by atoms with E-state index < -0.39 is 23.4 Å². The van der Waals surface area contributed by atoms with Crippen molar-refractivity contribution in [3.05, 3.63) is 143 Å². The Kier molecular flexibility index (Phi) is 25.9. The van der Waals surface area contributed by atoms with E-state index in [1.165, 1.54) is 33.4 Å². The van der Waals surface area contributed by atoms with Gasteiger partial charge in [-0.2, -0.15) is 0 Å². The van der Waals surface area contributed by atoms with Crippen molar-refractivity contribution in [2.45, 2.75) is 178 Å². The van der Waals surface area contributed by atoms with Gasteiger partial charge in [0.25, 0.3) is 0 Å². The number of esters is 3. The lowest BCUT2D eigenvalue weighted by atomic mass is 9.85. The lowest BCUT2D eigenvalue weighted by Crippen LogP contribution is -2.46. The highest BCUT2D eigenvalue weighted by Crippen LogP contribution is 2.46. The summed E-state index contributed by atoms with van der Waals surface area (Å²) in [5.74, 6) is -2.42. The molecule has 4 aromatic carbocycles. The van der Waals surface area contributed by atoms with E-state index >= 15 is 0 Å². The number of hydrogen-bond donors (Lipinski definition) is 3. The molecule has 0 saturated carbocycles. The second-order valence-corrected chi connectivity index (χ2v) is 23.6. The highest BCUT2D eigenvalue weighted by Gasteiger charge is 2.33. The maximum atomic E-state index is 13.2. The largest absolute Gasteiger partial charge is 0.478 e. The first-order chi connectivity index (χ1) is 38.0. The Hall–Kier alpha value is -6.82. The zero-order chi connectivity index (χ0) is 58.8. The third-order valence-electron chi connectivity index (χ3n) is 16.1. The van der Waals surface area contributed by atoms with Crippen LogP contribution in [0.15, 0.2) is 120 Å². The van der Waals surface area contributed by atoms with Crippen molar-refractivity contribution in [2.24, 2.45) is 35.5 Å². The van der Waals surface area contributed by atoms with Gasteiger partial charge < -0.3 is 30.0 Å². The monoisotopic (exact) mass is 1110 g/mol. The van der Waals surface area contributed by atoms with Crippen LogP contribution in [0.2, 0.25) is 0 Å². The fourth-order valence-corrected chi connectivity index (χ4v) is 10.9. The highest BCUT2D eigenvalue weighted by atomic mass is 16.6. The second-order valence-electron chi connectivity index (χ2n) is 23.6. The third kappa shape index (κ3) is 18.9. The molecule has 81 heavy (non-hydrogen) atoms. The summed E-state index contributed by atoms with van der Waals surface area (Å²) in [7, 11) is 0. The number of amides is 2. The summed E-state index contributed by atoms with van der Waals surface area (Å²) >= 11 is 0. The van der Waals surface area contributed by atoms with Crippen LogP contribution in [-0.2, 0) is 43.0 Å². The van der Waals surface area contributed by atoms with Crippen LogP contribution in [0.4, 0.5) is 0 Å². The first kappa shape index (κ1) is 66.7. The van der Waals surface area contributed by atoms with Gasteiger partial charge in [0.15, 0.2) is 0 Å². The van der Waals surface area contributed by atoms with Gasteiger partial charge in [-0.05, 0) is 128 Å². The van der Waals surface area contributed by atoms with Crippen molar-refractivity contribution < 1.29 is 48.1 Å². The van der Waals surface area contributed by atoms with Crippen molar-refractivity contribution in [1.29, 1.82) is 0 Å². The van der Waals surface area contributed by atoms with E-state index in [0.717, 1.165) is 36.8 Å². The Bertz CT molecular complexity index is 2730. The van der Waals surface area contributed by atoms with Gasteiger partial charge in [-0.15, -0.1) is 0 Å². The molecule has 4 aromatic rings. The molecule has 0 aromatic heterocycles. The number of rotatable bonds is 26. The standard InChI is InChI=1S/C36H49NO5.C32H41NO5.CH4/c1-9-23(2)33(24(3)15-14-16-25(4)35(40)42-36(6,7)8)37-34(39)26(5)21-32(38)41-22-31-29-19-12-10-17-27(29)28-18-11-13-20-30(28)31;1-6-20(2)30(21(3)12-11-13-22(4)32(36)37)33-31(35)23(5)18-29(34)38-19-28-26-16-9-7-14-24(26)25-15-8-10-17-27(25)28;/h10-13,16-20,23-24,26,31,33H,9,14-15,21-22H2,1-8H3,(H,37,39);7-10,13-17,20-21,23,28,30H,6,11-12,18-19H2,1-5H3,(H,33,35)(H,36,37);1H4/b25-16+;22-13+;/t23-,24-,26-,33+;20-,21-,23-,30+;/m00./s1. The Morgan fingerprint density at radius 3 is 1.16 bits per heavy atom. The third-order valence-corrected chi connectivity index (χ3v) is 16.1. The molecule has 440 valence electrons. The summed E-state index contributed by atoms with van der Waals surface area (Å²) in [6.07, 6.45) is 8.45. The Morgan fingerprint density at radius 1 is 0.531 bits per heavy atom. The number of carboxylic acid groups (broad SMARTS) is 1. The van der Waals surface area contributed by atoms with E-state index in [2.05, 4.69) is 101 Å². The molecule has 2 aliphatic carbocycles. The minimum absolute atomic E-state index is 0. The van der Waals surface area contributed by atoms with E-state index in [-0.39, 0.29) is 111 Å². The Balaban J connectivity index is 0.000000346. The number of carbonyl (C=O) groups excluding carboxylic acids is 5. The van der Waals surface area contributed by atoms with Crippen LogP contribution in [0.3, 0.4) is 0 Å². The van der Waals surface area contributed by atoms with Crippen LogP contribution in [0.25, 0.3) is 22.3 Å². The molecule has 0 aliphatic heterocycles. The van der Waals surface area contributed by atoms with E-state index in [1.807, 2.05) is 75.4 Å². The second kappa shape index (κ2) is 31.4. The molecular formula is C69H94N2O10. The van der Waals surface area contributed by atoms with Gasteiger partial charge in [-0.25, -0.2) is 9.59 Å². The zero-order valence-electron chi connectivity index (χ0n) is 49.9. The maximum absolute atomic E-state index is 13.2. The molecule has 0 fully saturated rings. The summed E-state index contributed by atoms with van der Waals surface area (Å²) < 4.78 is 16.9. The number of benzene rings is 4. The van der Waals surface area contributed by atoms with Crippen LogP contribution in [-0.4, -0.2) is 71.7 Å². The summed E-state index contributed by atoms with van der Waals surface area (Å²) in [5.41, 5.74) is 9.77. The predicted octanol–water partition coefficient (Wildman–Crippen LogP) is 14.6. The van der Waals surface area contributed by atoms with Gasteiger partial charge in [-0.1, -0.05) is 185 Å². The summed E-state index contributed by atoms with van der Waals surface area (Å²) in [4.78, 5) is 75.2. The van der Waals surface area contributed by atoms with E-state index in [9.17, 15) is 28.8 Å². The molecule has 3 N–H and O–H groups in total. The van der Waals surface area contributed by atoms with Crippen LogP contribution in [0.1, 0.15) is 183 Å². The number of allylic oxidation sites excluding steroid dienone is 2. The number of carbonyl (C=O) groups is 6. The molecule has 2 aliphatic rings. The van der Waals surface area contributed by atoms with E-state index in [4.69, 9.17) is 19.3 Å². The highest BCUT2D eigenvalue weighted by molar-refractivity contribution is 5.88. The van der Waals surface area contributed by atoms with Gasteiger partial charge in [0.2, 0.25) is 11.8 Å². The van der Waals surface area contributed by atoms with Gasteiger partial charge in [0.05, 0.1) is 12.8 Å². The fraction of sp³-hybridized carbons (Fsp3) is 0.507. The van der Waals surface area contributed by atoms with Crippen molar-refractivity contribution >= 4 is 35.7 Å². The minimum atomic E-state index is -0.911. The number of hydrogen-bond acceptors (Lipinski definition) is 9. The maximum Gasteiger partial charge on any atom is 0.333 e. The number of carboxylic acids is 1. The molecular weight excluding hydrogens is 1020 g/mol. The molecule has 0 bridgehead atoms. The topological polar surface area (TPSA) is 174 Å². The minimum Gasteiger partial charge on any atom is -0.478 e. The smallest absolute Gasteiger partial charge is 0.333 e. The lowest BCUT2D eigenvalue weighted by Gasteiger charge is -2.31. The van der Waals surface area contributed by atoms with Crippen molar-refractivity contribution in [3.63, 3.8) is 0 Å². The van der Waals surface area contributed by atoms with Gasteiger partial charge in [-0.3, -0.25) is 19.2 Å². The predicted molar refractivity (Wildman–Crippen MR) is 324 cm³/mol. The molecule has 6 rings (SSSR count). The van der Waals surface area contributed by atoms with Crippen LogP contribution < -0.4 is 10.6 Å². The first-order valence-electron chi connectivity index (χ1n) is 29.0. The van der Waals surface area contributed by atoms with Crippen molar-refractivity contribution in [2.75, 3.05) is 13.2 Å². The normalized spacial score (nSPS) is 15.9. The molecule has 0 saturated heterocycles. The summed E-state index contributed by atoms with van der Waals surface area (Å²) in [5, 5.41) is 15.5. The van der Waals surface area contributed by atoms with Crippen LogP contribution in [0, 0.1) is 35.5 Å². The molecule has 0 spiro atoms. The lowest BCUT2D eigenvalue weighted by molar-refractivity contribution is -0.150. The molecule has 12 nitrogen and oxygen atoms in total. The van der Waals surface area contributed by atoms with E-state index in [0.29, 0.717) is 24.0 Å². The Labute approximate surface area is 484 Å². The van der Waals surface area contributed by atoms with Crippen LogP contribution >= 0.6 is 0 Å². The molecule has 8 atom stereocenters.